The van der Waals surface area contributed by atoms with Gasteiger partial charge in [0, 0.05) is 6.42 Å². The number of nitrogens with one attached hydrogen (secondary N) is 1. The number of rotatable bonds is 2. The van der Waals surface area contributed by atoms with Gasteiger partial charge in [-0.25, -0.2) is 0 Å². The predicted octanol–water partition coefficient (Wildman–Crippen LogP) is 3.80. The lowest BCUT2D eigenvalue weighted by Gasteiger charge is -2.06. The highest BCUT2D eigenvalue weighted by Gasteiger charge is 2.07. The zero-order valence-electron chi connectivity index (χ0n) is 8.50. The molecule has 3 nitrogen and oxygen atoms in total. The van der Waals surface area contributed by atoms with Crippen LogP contribution in [0.5, 0.6) is 0 Å². The summed E-state index contributed by atoms with van der Waals surface area (Å²) in [6.45, 7) is 2.01. The molecule has 0 saturated carbocycles. The highest BCUT2D eigenvalue weighted by molar-refractivity contribution is 7.71. The van der Waals surface area contributed by atoms with Gasteiger partial charge < -0.3 is 0 Å². The topological polar surface area (TPSA) is 33.6 Å². The van der Waals surface area contributed by atoms with E-state index in [0.717, 1.165) is 17.9 Å². The molecule has 84 valence electrons. The Hall–Kier alpha value is -0.840. The molecule has 0 radical (unpaired) electrons. The van der Waals surface area contributed by atoms with Crippen LogP contribution in [0.3, 0.4) is 0 Å². The van der Waals surface area contributed by atoms with E-state index in [4.69, 9.17) is 35.4 Å². The molecule has 0 amide bonds. The van der Waals surface area contributed by atoms with Crippen molar-refractivity contribution >= 4 is 35.4 Å². The zero-order valence-corrected chi connectivity index (χ0v) is 10.8. The summed E-state index contributed by atoms with van der Waals surface area (Å²) in [6.07, 6.45) is 0.785. The molecule has 16 heavy (non-hydrogen) atoms. The van der Waals surface area contributed by atoms with Crippen LogP contribution < -0.4 is 0 Å². The van der Waals surface area contributed by atoms with Crippen molar-refractivity contribution in [3.63, 3.8) is 0 Å². The summed E-state index contributed by atoms with van der Waals surface area (Å²) < 4.78 is 2.40. The second kappa shape index (κ2) is 4.57. The van der Waals surface area contributed by atoms with Crippen LogP contribution in [0.15, 0.2) is 18.2 Å². The summed E-state index contributed by atoms with van der Waals surface area (Å²) in [6, 6.07) is 5.38. The largest absolute Gasteiger partial charge is 0.272 e. The second-order valence-electron chi connectivity index (χ2n) is 3.23. The van der Waals surface area contributed by atoms with E-state index in [1.165, 1.54) is 0 Å². The average molecular weight is 274 g/mol. The summed E-state index contributed by atoms with van der Waals surface area (Å²) in [4.78, 5) is 0. The number of aromatic nitrogens is 3. The molecule has 1 N–H and O–H groups in total. The van der Waals surface area contributed by atoms with Gasteiger partial charge in [-0.2, -0.15) is 5.10 Å². The lowest BCUT2D eigenvalue weighted by molar-refractivity contribution is 0.880. The molecule has 1 heterocycles. The summed E-state index contributed by atoms with van der Waals surface area (Å²) in [7, 11) is 0. The first-order chi connectivity index (χ1) is 7.63. The summed E-state index contributed by atoms with van der Waals surface area (Å²) in [5, 5.41) is 7.92. The Morgan fingerprint density at radius 2 is 2.12 bits per heavy atom. The van der Waals surface area contributed by atoms with Crippen LogP contribution in [0.1, 0.15) is 12.7 Å². The van der Waals surface area contributed by atoms with E-state index < -0.39 is 0 Å². The van der Waals surface area contributed by atoms with Crippen molar-refractivity contribution in [3.8, 4) is 5.69 Å². The first-order valence-corrected chi connectivity index (χ1v) is 5.91. The minimum atomic E-state index is 0.504. The monoisotopic (exact) mass is 273 g/mol. The molecule has 0 unspecified atom stereocenters. The van der Waals surface area contributed by atoms with E-state index in [9.17, 15) is 0 Å². The Bertz CT molecular complexity index is 574. The number of nitrogens with zero attached hydrogens (tertiary/aromatic N) is 2. The van der Waals surface area contributed by atoms with Crippen LogP contribution in [0.25, 0.3) is 5.69 Å². The number of hydrogen-bond acceptors (Lipinski definition) is 2. The number of benzene rings is 1. The van der Waals surface area contributed by atoms with Gasteiger partial charge in [0.2, 0.25) is 0 Å². The van der Waals surface area contributed by atoms with Gasteiger partial charge in [0.1, 0.15) is 5.82 Å². The standard InChI is InChI=1S/C10H9Cl2N3S/c1-2-9-13-14-10(16)15(9)6-3-4-7(11)8(12)5-6/h3-5H,2H2,1H3,(H,14,16). The Morgan fingerprint density at radius 1 is 1.38 bits per heavy atom. The summed E-state index contributed by atoms with van der Waals surface area (Å²) in [5.41, 5.74) is 0.866. The van der Waals surface area contributed by atoms with Gasteiger partial charge in [-0.1, -0.05) is 30.1 Å². The van der Waals surface area contributed by atoms with Crippen LogP contribution in [0, 0.1) is 4.77 Å². The maximum Gasteiger partial charge on any atom is 0.199 e. The maximum atomic E-state index is 5.97. The quantitative estimate of drug-likeness (QED) is 0.845. The zero-order chi connectivity index (χ0) is 11.7. The third-order valence-electron chi connectivity index (χ3n) is 2.22. The van der Waals surface area contributed by atoms with Gasteiger partial charge in [-0.3, -0.25) is 9.67 Å². The van der Waals surface area contributed by atoms with Gasteiger partial charge in [0.05, 0.1) is 15.7 Å². The molecule has 1 aromatic heterocycles. The van der Waals surface area contributed by atoms with Crippen molar-refractivity contribution in [1.82, 2.24) is 14.8 Å². The fourth-order valence-corrected chi connectivity index (χ4v) is 2.01. The molecule has 0 atom stereocenters. The van der Waals surface area contributed by atoms with Crippen molar-refractivity contribution in [2.45, 2.75) is 13.3 Å². The molecule has 2 aromatic rings. The van der Waals surface area contributed by atoms with Gasteiger partial charge >= 0.3 is 0 Å². The van der Waals surface area contributed by atoms with Crippen molar-refractivity contribution in [2.24, 2.45) is 0 Å². The first kappa shape index (κ1) is 11.6. The van der Waals surface area contributed by atoms with Crippen molar-refractivity contribution < 1.29 is 0 Å². The first-order valence-electron chi connectivity index (χ1n) is 4.75. The molecule has 0 aliphatic rings. The lowest BCUT2D eigenvalue weighted by atomic mass is 10.3. The van der Waals surface area contributed by atoms with Crippen molar-refractivity contribution in [3.05, 3.63) is 38.8 Å². The van der Waals surface area contributed by atoms with E-state index in [1.54, 1.807) is 12.1 Å². The average Bonchev–Trinajstić information content (AvgIpc) is 2.64. The van der Waals surface area contributed by atoms with Crippen LogP contribution in [-0.2, 0) is 6.42 Å². The number of aromatic amines is 1. The van der Waals surface area contributed by atoms with E-state index in [0.29, 0.717) is 14.8 Å². The van der Waals surface area contributed by atoms with E-state index in [2.05, 4.69) is 10.2 Å². The van der Waals surface area contributed by atoms with Crippen molar-refractivity contribution in [1.29, 1.82) is 0 Å². The normalized spacial score (nSPS) is 10.7. The summed E-state index contributed by atoms with van der Waals surface area (Å²) in [5.74, 6) is 0.864. The molecule has 0 bridgehead atoms. The molecule has 0 fully saturated rings. The Morgan fingerprint density at radius 3 is 2.75 bits per heavy atom. The van der Waals surface area contributed by atoms with Gasteiger partial charge in [-0.05, 0) is 30.4 Å². The highest BCUT2D eigenvalue weighted by Crippen LogP contribution is 2.25. The maximum absolute atomic E-state index is 5.97. The molecule has 0 aliphatic carbocycles. The van der Waals surface area contributed by atoms with Crippen LogP contribution >= 0.6 is 35.4 Å². The minimum absolute atomic E-state index is 0.504. The van der Waals surface area contributed by atoms with Crippen molar-refractivity contribution in [2.75, 3.05) is 0 Å². The van der Waals surface area contributed by atoms with Crippen LogP contribution in [0.4, 0.5) is 0 Å². The van der Waals surface area contributed by atoms with Gasteiger partial charge in [0.15, 0.2) is 4.77 Å². The molecule has 0 saturated heterocycles. The molecular weight excluding hydrogens is 265 g/mol. The number of halogens is 2. The molecule has 1 aromatic carbocycles. The molecule has 2 rings (SSSR count). The Balaban J connectivity index is 2.62. The third-order valence-corrected chi connectivity index (χ3v) is 3.23. The lowest BCUT2D eigenvalue weighted by Crippen LogP contribution is -2.00. The Labute approximate surface area is 108 Å². The number of aryl methyl sites for hydroxylation is 1. The van der Waals surface area contributed by atoms with E-state index >= 15 is 0 Å². The van der Waals surface area contributed by atoms with Crippen LogP contribution in [0.2, 0.25) is 10.0 Å². The van der Waals surface area contributed by atoms with E-state index in [-0.39, 0.29) is 0 Å². The number of H-pyrrole nitrogens is 1. The SMILES string of the molecule is CCc1n[nH]c(=S)n1-c1ccc(Cl)c(Cl)c1. The highest BCUT2D eigenvalue weighted by atomic mass is 35.5. The van der Waals surface area contributed by atoms with Gasteiger partial charge in [-0.15, -0.1) is 0 Å². The van der Waals surface area contributed by atoms with Gasteiger partial charge in [0.25, 0.3) is 0 Å². The smallest absolute Gasteiger partial charge is 0.199 e. The minimum Gasteiger partial charge on any atom is -0.272 e. The van der Waals surface area contributed by atoms with E-state index in [1.807, 2.05) is 17.6 Å². The predicted molar refractivity (Wildman–Crippen MR) is 68.1 cm³/mol. The molecule has 6 heteroatoms. The summed E-state index contributed by atoms with van der Waals surface area (Å²) >= 11 is 17.0. The molecular formula is C10H9Cl2N3S. The number of hydrogen-bond donors (Lipinski definition) is 1. The second-order valence-corrected chi connectivity index (χ2v) is 4.43. The fraction of sp³-hybridized carbons (Fsp3) is 0.200. The molecule has 0 spiro atoms. The molecule has 0 aliphatic heterocycles. The van der Waals surface area contributed by atoms with Crippen LogP contribution in [-0.4, -0.2) is 14.8 Å². The Kier molecular flexibility index (Phi) is 3.33. The third kappa shape index (κ3) is 2.00. The fourth-order valence-electron chi connectivity index (χ4n) is 1.46.